The van der Waals surface area contributed by atoms with Crippen molar-refractivity contribution in [3.8, 4) is 5.75 Å². The molecule has 0 aromatic heterocycles. The predicted molar refractivity (Wildman–Crippen MR) is 270 cm³/mol. The van der Waals surface area contributed by atoms with Crippen LogP contribution in [0.4, 0.5) is 0 Å². The lowest BCUT2D eigenvalue weighted by Gasteiger charge is -2.47. The third-order valence-electron chi connectivity index (χ3n) is 12.5. The van der Waals surface area contributed by atoms with Gasteiger partial charge >= 0.3 is 0 Å². The van der Waals surface area contributed by atoms with Crippen LogP contribution in [-0.4, -0.2) is 37.6 Å². The average Bonchev–Trinajstić information content (AvgIpc) is 3.40. The molecule has 8 aromatic carbocycles. The van der Waals surface area contributed by atoms with Crippen molar-refractivity contribution >= 4 is 11.6 Å². The van der Waals surface area contributed by atoms with Crippen LogP contribution in [0.1, 0.15) is 63.1 Å². The summed E-state index contributed by atoms with van der Waals surface area (Å²) in [6, 6.07) is 76.3. The minimum atomic E-state index is -1.02. The molecule has 1 saturated heterocycles. The van der Waals surface area contributed by atoms with E-state index in [9.17, 15) is 0 Å². The molecule has 68 heavy (non-hydrogen) atoms. The molecule has 5 atom stereocenters. The van der Waals surface area contributed by atoms with Crippen molar-refractivity contribution in [3.63, 3.8) is 0 Å². The van der Waals surface area contributed by atoms with Gasteiger partial charge in [-0.15, -0.1) is 0 Å². The molecule has 0 aliphatic carbocycles. The van der Waals surface area contributed by atoms with Crippen molar-refractivity contribution in [2.24, 2.45) is 0 Å². The second-order valence-electron chi connectivity index (χ2n) is 17.1. The predicted octanol–water partition coefficient (Wildman–Crippen LogP) is 13.5. The Bertz CT molecular complexity index is 2630. The van der Waals surface area contributed by atoms with Crippen molar-refractivity contribution in [2.45, 2.75) is 69.3 Å². The van der Waals surface area contributed by atoms with Crippen LogP contribution in [0, 0.1) is 0 Å². The fraction of sp³-hybridized carbons (Fsp3) is 0.213. The van der Waals surface area contributed by atoms with E-state index in [1.165, 1.54) is 0 Å². The van der Waals surface area contributed by atoms with Crippen LogP contribution in [0.15, 0.2) is 224 Å². The normalized spacial score (nSPS) is 18.2. The Morgan fingerprint density at radius 2 is 0.912 bits per heavy atom. The maximum Gasteiger partial charge on any atom is 0.143 e. The lowest BCUT2D eigenvalue weighted by molar-refractivity contribution is -0.277. The fourth-order valence-corrected chi connectivity index (χ4v) is 9.35. The van der Waals surface area contributed by atoms with Gasteiger partial charge in [-0.25, -0.2) is 0 Å². The first-order valence-electron chi connectivity index (χ1n) is 23.5. The minimum absolute atomic E-state index is 0.137. The van der Waals surface area contributed by atoms with E-state index in [-0.39, 0.29) is 6.61 Å². The van der Waals surface area contributed by atoms with E-state index in [1.807, 2.05) is 104 Å². The van der Waals surface area contributed by atoms with Gasteiger partial charge in [-0.2, -0.15) is 0 Å². The van der Waals surface area contributed by atoms with Crippen molar-refractivity contribution in [1.29, 1.82) is 0 Å². The van der Waals surface area contributed by atoms with Crippen LogP contribution in [0.25, 0.3) is 0 Å². The van der Waals surface area contributed by atoms with Crippen molar-refractivity contribution in [3.05, 3.63) is 280 Å². The number of benzene rings is 8. The summed E-state index contributed by atoms with van der Waals surface area (Å²) in [6.45, 7) is 3.71. The van der Waals surface area contributed by atoms with E-state index in [0.29, 0.717) is 37.9 Å². The molecule has 0 bridgehead atoms. The molecule has 1 heterocycles. The Labute approximate surface area is 406 Å². The smallest absolute Gasteiger partial charge is 0.143 e. The highest BCUT2D eigenvalue weighted by Gasteiger charge is 2.50. The molecule has 0 radical (unpaired) electrons. The summed E-state index contributed by atoms with van der Waals surface area (Å²) in [5.74, 6) is 0.833. The maximum atomic E-state index is 7.59. The van der Waals surface area contributed by atoms with Crippen molar-refractivity contribution < 1.29 is 28.4 Å². The second-order valence-corrected chi connectivity index (χ2v) is 17.5. The van der Waals surface area contributed by atoms with E-state index < -0.39 is 36.1 Å². The minimum Gasteiger partial charge on any atom is -0.494 e. The molecule has 1 aliphatic rings. The van der Waals surface area contributed by atoms with Crippen LogP contribution < -0.4 is 4.74 Å². The van der Waals surface area contributed by atoms with Gasteiger partial charge in [0.2, 0.25) is 0 Å². The first-order valence-corrected chi connectivity index (χ1v) is 23.9. The van der Waals surface area contributed by atoms with Gasteiger partial charge in [-0.05, 0) is 81.6 Å². The van der Waals surface area contributed by atoms with Gasteiger partial charge in [0.05, 0.1) is 33.0 Å². The molecule has 1 aliphatic heterocycles. The first-order chi connectivity index (χ1) is 33.6. The van der Waals surface area contributed by atoms with Crippen LogP contribution in [-0.2, 0) is 55.5 Å². The Morgan fingerprint density at radius 3 is 1.38 bits per heavy atom. The SMILES string of the molecule is CCOc1ccc(Cc2cc(C3OC(COC(c4ccccc4)(c4ccccc4)c4ccccc4)C(OCc4ccccc4)C(OCc4ccccc4)C3OCc3ccccc3)ccc2Cl)cc1. The van der Waals surface area contributed by atoms with Gasteiger partial charge in [0, 0.05) is 5.02 Å². The quantitative estimate of drug-likeness (QED) is 0.0710. The second kappa shape index (κ2) is 23.1. The van der Waals surface area contributed by atoms with Crippen molar-refractivity contribution in [2.75, 3.05) is 13.2 Å². The van der Waals surface area contributed by atoms with E-state index in [1.54, 1.807) is 0 Å². The maximum absolute atomic E-state index is 7.59. The molecular weight excluding hydrogens is 864 g/mol. The van der Waals surface area contributed by atoms with Gasteiger partial charge < -0.3 is 28.4 Å². The van der Waals surface area contributed by atoms with Gasteiger partial charge in [0.15, 0.2) is 0 Å². The molecule has 7 heteroatoms. The fourth-order valence-electron chi connectivity index (χ4n) is 9.16. The molecule has 0 amide bonds. The molecule has 1 fully saturated rings. The molecule has 0 spiro atoms. The van der Waals surface area contributed by atoms with Crippen LogP contribution in [0.2, 0.25) is 5.02 Å². The molecule has 0 N–H and O–H groups in total. The lowest BCUT2D eigenvalue weighted by Crippen LogP contribution is -2.58. The Kier molecular flexibility index (Phi) is 15.9. The summed E-state index contributed by atoms with van der Waals surface area (Å²) in [4.78, 5) is 0. The van der Waals surface area contributed by atoms with E-state index in [4.69, 9.17) is 40.0 Å². The standard InChI is InChI=1S/C61H57ClO6/c1-2-63-54-36-33-45(34-37-54)39-50-40-49(35-38-55(50)62)57-59(65-42-47-23-11-4-12-24-47)60(66-43-48-25-13-5-14-26-48)58(64-41-46-21-9-3-10-22-46)56(68-57)44-67-61(51-27-15-6-16-28-51,52-29-17-7-18-30-52)53-31-19-8-20-32-53/h3-38,40,56-60H,2,39,41-44H2,1H3. The van der Waals surface area contributed by atoms with Gasteiger partial charge in [0.25, 0.3) is 0 Å². The first kappa shape index (κ1) is 46.7. The molecule has 344 valence electrons. The van der Waals surface area contributed by atoms with E-state index >= 15 is 0 Å². The zero-order chi connectivity index (χ0) is 46.4. The number of hydrogen-bond acceptors (Lipinski definition) is 6. The summed E-state index contributed by atoms with van der Waals surface area (Å²) < 4.78 is 42.3. The molecule has 5 unspecified atom stereocenters. The average molecular weight is 922 g/mol. The third kappa shape index (κ3) is 11.3. The van der Waals surface area contributed by atoms with E-state index in [0.717, 1.165) is 55.8 Å². The van der Waals surface area contributed by atoms with Gasteiger partial charge in [0.1, 0.15) is 41.9 Å². The Morgan fingerprint density at radius 1 is 0.471 bits per heavy atom. The highest BCUT2D eigenvalue weighted by molar-refractivity contribution is 6.31. The van der Waals surface area contributed by atoms with Crippen LogP contribution in [0.3, 0.4) is 0 Å². The summed E-state index contributed by atoms with van der Waals surface area (Å²) in [5.41, 5.74) is 8.04. The summed E-state index contributed by atoms with van der Waals surface area (Å²) in [5, 5.41) is 0.666. The Hall–Kier alpha value is -6.35. The van der Waals surface area contributed by atoms with E-state index in [2.05, 4.69) is 127 Å². The highest BCUT2D eigenvalue weighted by atomic mass is 35.5. The molecular formula is C61H57ClO6. The number of rotatable bonds is 20. The number of hydrogen-bond donors (Lipinski definition) is 0. The van der Waals surface area contributed by atoms with Gasteiger partial charge in [-0.1, -0.05) is 218 Å². The largest absolute Gasteiger partial charge is 0.494 e. The molecule has 0 saturated carbocycles. The summed E-state index contributed by atoms with van der Waals surface area (Å²) in [7, 11) is 0. The van der Waals surface area contributed by atoms with Crippen molar-refractivity contribution in [1.82, 2.24) is 0 Å². The zero-order valence-corrected chi connectivity index (χ0v) is 39.1. The zero-order valence-electron chi connectivity index (χ0n) is 38.3. The lowest BCUT2D eigenvalue weighted by atomic mass is 9.80. The third-order valence-corrected chi connectivity index (χ3v) is 12.9. The Balaban J connectivity index is 1.16. The molecule has 6 nitrogen and oxygen atoms in total. The van der Waals surface area contributed by atoms with Gasteiger partial charge in [-0.3, -0.25) is 0 Å². The summed E-state index contributed by atoms with van der Waals surface area (Å²) >= 11 is 7.05. The number of ether oxygens (including phenoxy) is 6. The van der Waals surface area contributed by atoms with Crippen LogP contribution in [0.5, 0.6) is 5.75 Å². The number of halogens is 1. The molecule has 9 rings (SSSR count). The highest BCUT2D eigenvalue weighted by Crippen LogP contribution is 2.44. The van der Waals surface area contributed by atoms with Crippen LogP contribution >= 0.6 is 11.6 Å². The molecule has 8 aromatic rings. The summed E-state index contributed by atoms with van der Waals surface area (Å²) in [6.07, 6.45) is -2.57. The monoisotopic (exact) mass is 920 g/mol. The topological polar surface area (TPSA) is 55.4 Å².